The van der Waals surface area contributed by atoms with Crippen LogP contribution in [0.4, 0.5) is 5.69 Å². The number of hydrogen-bond acceptors (Lipinski definition) is 6. The number of piperazine rings is 1. The fourth-order valence-corrected chi connectivity index (χ4v) is 6.84. The van der Waals surface area contributed by atoms with Crippen LogP contribution in [0, 0.1) is 13.8 Å². The van der Waals surface area contributed by atoms with Crippen LogP contribution in [-0.4, -0.2) is 72.9 Å². The molecule has 162 valence electrons. The van der Waals surface area contributed by atoms with Crippen molar-refractivity contribution >= 4 is 33.2 Å². The Morgan fingerprint density at radius 3 is 2.47 bits per heavy atom. The van der Waals surface area contributed by atoms with Crippen LogP contribution < -0.4 is 4.90 Å². The van der Waals surface area contributed by atoms with E-state index < -0.39 is 9.84 Å². The molecule has 1 amide bonds. The summed E-state index contributed by atoms with van der Waals surface area (Å²) in [7, 11) is -2.96. The molecule has 0 spiro atoms. The van der Waals surface area contributed by atoms with Gasteiger partial charge in [0.1, 0.15) is 0 Å². The van der Waals surface area contributed by atoms with Crippen molar-refractivity contribution in [3.63, 3.8) is 0 Å². The number of benzene rings is 1. The fourth-order valence-electron chi connectivity index (χ4n) is 4.56. The first-order chi connectivity index (χ1) is 14.3. The second-order valence-corrected chi connectivity index (χ2v) is 11.1. The number of carbonyl (C=O) groups is 1. The molecule has 2 aliphatic rings. The Kier molecular flexibility index (Phi) is 5.85. The van der Waals surface area contributed by atoms with E-state index in [9.17, 15) is 13.2 Å². The van der Waals surface area contributed by atoms with E-state index in [4.69, 9.17) is 0 Å². The molecule has 0 aliphatic carbocycles. The van der Waals surface area contributed by atoms with Gasteiger partial charge in [-0.1, -0.05) is 12.1 Å². The molecule has 9 heteroatoms. The van der Waals surface area contributed by atoms with Crippen molar-refractivity contribution in [3.8, 4) is 0 Å². The number of hydrogen-bond donors (Lipinski definition) is 0. The van der Waals surface area contributed by atoms with Crippen LogP contribution in [0.5, 0.6) is 0 Å². The summed E-state index contributed by atoms with van der Waals surface area (Å²) in [5, 5.41) is 4.68. The van der Waals surface area contributed by atoms with Gasteiger partial charge in [0, 0.05) is 31.1 Å². The third-order valence-corrected chi connectivity index (χ3v) is 8.61. The Balaban J connectivity index is 1.48. The number of amides is 1. The molecule has 1 aromatic heterocycles. The van der Waals surface area contributed by atoms with Crippen molar-refractivity contribution in [1.29, 1.82) is 0 Å². The number of nitrogens with zero attached hydrogens (tertiary/aromatic N) is 4. The van der Waals surface area contributed by atoms with Crippen molar-refractivity contribution in [2.75, 3.05) is 48.8 Å². The number of thioether (sulfide) groups is 1. The topological polar surface area (TPSA) is 75.5 Å². The van der Waals surface area contributed by atoms with Gasteiger partial charge in [0.25, 0.3) is 5.91 Å². The van der Waals surface area contributed by atoms with Crippen molar-refractivity contribution in [2.45, 2.75) is 31.2 Å². The predicted octanol–water partition coefficient (Wildman–Crippen LogP) is 2.54. The second kappa shape index (κ2) is 8.26. The van der Waals surface area contributed by atoms with Gasteiger partial charge in [0.15, 0.2) is 9.84 Å². The molecule has 2 fully saturated rings. The lowest BCUT2D eigenvalue weighted by Gasteiger charge is -2.36. The first-order valence-corrected chi connectivity index (χ1v) is 13.3. The molecular weight excluding hydrogens is 420 g/mol. The minimum absolute atomic E-state index is 0.0756. The number of carbonyl (C=O) groups excluding carboxylic acids is 1. The molecule has 2 aliphatic heterocycles. The highest BCUT2D eigenvalue weighted by Crippen LogP contribution is 2.32. The molecule has 7 nitrogen and oxygen atoms in total. The number of sulfone groups is 1. The molecule has 3 heterocycles. The molecule has 2 saturated heterocycles. The Labute approximate surface area is 182 Å². The largest absolute Gasteiger partial charge is 0.365 e. The predicted molar refractivity (Wildman–Crippen MR) is 120 cm³/mol. The van der Waals surface area contributed by atoms with Gasteiger partial charge in [-0.2, -0.15) is 5.10 Å². The van der Waals surface area contributed by atoms with Crippen molar-refractivity contribution in [1.82, 2.24) is 14.7 Å². The van der Waals surface area contributed by atoms with Gasteiger partial charge in [0.05, 0.1) is 40.2 Å². The molecule has 0 bridgehead atoms. The Morgan fingerprint density at radius 2 is 1.83 bits per heavy atom. The quantitative estimate of drug-likeness (QED) is 0.669. The van der Waals surface area contributed by atoms with Crippen LogP contribution in [0.2, 0.25) is 0 Å². The maximum atomic E-state index is 13.0. The first kappa shape index (κ1) is 21.2. The molecule has 1 unspecified atom stereocenters. The van der Waals surface area contributed by atoms with Gasteiger partial charge in [-0.25, -0.2) is 8.42 Å². The number of anilines is 1. The molecule has 0 saturated carbocycles. The number of aromatic nitrogens is 2. The van der Waals surface area contributed by atoms with Crippen LogP contribution in [0.3, 0.4) is 0 Å². The summed E-state index contributed by atoms with van der Waals surface area (Å²) in [4.78, 5) is 18.2. The zero-order valence-corrected chi connectivity index (χ0v) is 19.3. The third kappa shape index (κ3) is 3.97. The molecule has 2 aromatic rings. The van der Waals surface area contributed by atoms with E-state index in [2.05, 4.69) is 10.00 Å². The molecule has 1 aromatic carbocycles. The highest BCUT2D eigenvalue weighted by molar-refractivity contribution is 7.98. The first-order valence-electron chi connectivity index (χ1n) is 10.2. The Bertz CT molecular complexity index is 1060. The van der Waals surface area contributed by atoms with Gasteiger partial charge in [-0.05, 0) is 38.7 Å². The molecular formula is C21H28N4O3S2. The lowest BCUT2D eigenvalue weighted by molar-refractivity contribution is 0.0743. The average Bonchev–Trinajstić information content (AvgIpc) is 3.25. The molecule has 4 rings (SSSR count). The van der Waals surface area contributed by atoms with E-state index in [0.717, 1.165) is 40.6 Å². The molecule has 30 heavy (non-hydrogen) atoms. The SMILES string of the molecule is CSc1ccccc1C(=O)N1CCN(c2c(C)nn(C3CCS(=O)(=O)C3)c2C)CC1. The number of rotatable bonds is 4. The van der Waals surface area contributed by atoms with Gasteiger partial charge < -0.3 is 9.80 Å². The summed E-state index contributed by atoms with van der Waals surface area (Å²) in [6.07, 6.45) is 2.61. The van der Waals surface area contributed by atoms with E-state index in [1.165, 1.54) is 0 Å². The number of aryl methyl sites for hydroxylation is 1. The molecule has 0 radical (unpaired) electrons. The minimum atomic E-state index is -2.96. The maximum absolute atomic E-state index is 13.0. The lowest BCUT2D eigenvalue weighted by Crippen LogP contribution is -2.49. The molecule has 0 N–H and O–H groups in total. The summed E-state index contributed by atoms with van der Waals surface area (Å²) < 4.78 is 25.7. The van der Waals surface area contributed by atoms with E-state index >= 15 is 0 Å². The van der Waals surface area contributed by atoms with Crippen LogP contribution in [0.25, 0.3) is 0 Å². The lowest BCUT2D eigenvalue weighted by atomic mass is 10.1. The summed E-state index contributed by atoms with van der Waals surface area (Å²) >= 11 is 1.59. The van der Waals surface area contributed by atoms with Gasteiger partial charge >= 0.3 is 0 Å². The van der Waals surface area contributed by atoms with Crippen LogP contribution in [0.15, 0.2) is 29.2 Å². The maximum Gasteiger partial charge on any atom is 0.255 e. The zero-order chi connectivity index (χ0) is 21.5. The molecule has 1 atom stereocenters. The third-order valence-electron chi connectivity index (χ3n) is 6.06. The summed E-state index contributed by atoms with van der Waals surface area (Å²) in [6, 6.07) is 7.67. The van der Waals surface area contributed by atoms with Crippen molar-refractivity contribution in [3.05, 3.63) is 41.2 Å². The monoisotopic (exact) mass is 448 g/mol. The van der Waals surface area contributed by atoms with E-state index in [0.29, 0.717) is 19.5 Å². The van der Waals surface area contributed by atoms with E-state index in [1.54, 1.807) is 11.8 Å². The average molecular weight is 449 g/mol. The van der Waals surface area contributed by atoms with E-state index in [1.807, 2.05) is 54.0 Å². The highest BCUT2D eigenvalue weighted by Gasteiger charge is 2.33. The summed E-state index contributed by atoms with van der Waals surface area (Å²) in [6.45, 7) is 6.79. The highest BCUT2D eigenvalue weighted by atomic mass is 32.2. The van der Waals surface area contributed by atoms with Crippen LogP contribution in [0.1, 0.15) is 34.2 Å². The second-order valence-electron chi connectivity index (χ2n) is 8.00. The summed E-state index contributed by atoms with van der Waals surface area (Å²) in [5.41, 5.74) is 3.78. The summed E-state index contributed by atoms with van der Waals surface area (Å²) in [5.74, 6) is 0.495. The Hall–Kier alpha value is -2.00. The Morgan fingerprint density at radius 1 is 1.13 bits per heavy atom. The van der Waals surface area contributed by atoms with Crippen LogP contribution in [-0.2, 0) is 9.84 Å². The minimum Gasteiger partial charge on any atom is -0.365 e. The van der Waals surface area contributed by atoms with Gasteiger partial charge in [-0.15, -0.1) is 11.8 Å². The normalized spacial score (nSPS) is 21.2. The van der Waals surface area contributed by atoms with Crippen molar-refractivity contribution in [2.24, 2.45) is 0 Å². The van der Waals surface area contributed by atoms with Crippen LogP contribution >= 0.6 is 11.8 Å². The standard InChI is InChI=1S/C21H28N4O3S2/c1-15-20(16(2)25(22-15)17-8-13-30(27,28)14-17)23-9-11-24(12-10-23)21(26)18-6-4-5-7-19(18)29-3/h4-7,17H,8-14H2,1-3H3. The van der Waals surface area contributed by atoms with Crippen molar-refractivity contribution < 1.29 is 13.2 Å². The van der Waals surface area contributed by atoms with Gasteiger partial charge in [-0.3, -0.25) is 9.48 Å². The fraction of sp³-hybridized carbons (Fsp3) is 0.524. The van der Waals surface area contributed by atoms with E-state index in [-0.39, 0.29) is 23.5 Å². The van der Waals surface area contributed by atoms with Gasteiger partial charge in [0.2, 0.25) is 0 Å². The smallest absolute Gasteiger partial charge is 0.255 e. The zero-order valence-electron chi connectivity index (χ0n) is 17.7.